The summed E-state index contributed by atoms with van der Waals surface area (Å²) in [4.78, 5) is 10.6. The van der Waals surface area contributed by atoms with Crippen LogP contribution in [-0.4, -0.2) is 18.3 Å². The van der Waals surface area contributed by atoms with E-state index in [-0.39, 0.29) is 22.7 Å². The maximum atomic E-state index is 14.0. The minimum Gasteiger partial charge on any atom is -0.412 e. The van der Waals surface area contributed by atoms with Crippen LogP contribution in [0, 0.1) is 5.82 Å². The molecule has 0 aliphatic rings. The predicted octanol–water partition coefficient (Wildman–Crippen LogP) is 9.34. The highest BCUT2D eigenvalue weighted by atomic mass is 32.2. The Morgan fingerprint density at radius 3 is 1.97 bits per heavy atom. The minimum atomic E-state index is -2.00. The largest absolute Gasteiger partial charge is 0.412 e. The molecule has 6 heteroatoms. The summed E-state index contributed by atoms with van der Waals surface area (Å²) in [5.41, 5.74) is 6.69. The second kappa shape index (κ2) is 11.6. The number of nitrogens with zero attached hydrogens (tertiary/aromatic N) is 2. The van der Waals surface area contributed by atoms with Gasteiger partial charge in [-0.1, -0.05) is 60.6 Å². The average Bonchev–Trinajstić information content (AvgIpc) is 2.81. The highest BCUT2D eigenvalue weighted by Crippen LogP contribution is 2.42. The van der Waals surface area contributed by atoms with Gasteiger partial charge in [0.05, 0.1) is 6.61 Å². The molecule has 3 rings (SSSR count). The molecule has 36 heavy (non-hydrogen) atoms. The minimum absolute atomic E-state index is 0.104. The molecule has 0 bridgehead atoms. The van der Waals surface area contributed by atoms with Crippen molar-refractivity contribution in [3.63, 3.8) is 0 Å². The molecule has 0 saturated heterocycles. The Morgan fingerprint density at radius 2 is 1.44 bits per heavy atom. The van der Waals surface area contributed by atoms with E-state index >= 15 is 0 Å². The molecule has 0 aliphatic carbocycles. The van der Waals surface area contributed by atoms with Crippen molar-refractivity contribution in [2.75, 3.05) is 0 Å². The summed E-state index contributed by atoms with van der Waals surface area (Å²) in [6, 6.07) is 11.0. The molecule has 0 N–H and O–H groups in total. The second-order valence-electron chi connectivity index (χ2n) is 11.6. The van der Waals surface area contributed by atoms with Crippen molar-refractivity contribution in [1.29, 1.82) is 0 Å². The molecule has 194 valence electrons. The number of hydrogen-bond acceptors (Lipinski definition) is 4. The molecule has 2 heterocycles. The van der Waals surface area contributed by atoms with Crippen molar-refractivity contribution in [2.24, 2.45) is 0 Å². The number of benzene rings is 1. The van der Waals surface area contributed by atoms with Crippen LogP contribution in [0.15, 0.2) is 53.7 Å². The first-order valence-corrected chi connectivity index (χ1v) is 16.7. The number of thioether (sulfide) groups is 1. The van der Waals surface area contributed by atoms with Gasteiger partial charge < -0.3 is 4.43 Å². The van der Waals surface area contributed by atoms with Gasteiger partial charge in [-0.25, -0.2) is 4.39 Å². The van der Waals surface area contributed by atoms with Crippen molar-refractivity contribution >= 4 is 20.1 Å². The van der Waals surface area contributed by atoms with Crippen molar-refractivity contribution in [1.82, 2.24) is 9.97 Å². The second-order valence-corrected chi connectivity index (χ2v) is 17.4. The number of halogens is 1. The quantitative estimate of drug-likeness (QED) is 0.206. The summed E-state index contributed by atoms with van der Waals surface area (Å²) in [7, 11) is -2.00. The van der Waals surface area contributed by atoms with Crippen LogP contribution in [0.5, 0.6) is 0 Å². The third kappa shape index (κ3) is 6.64. The molecule has 3 aromatic rings. The van der Waals surface area contributed by atoms with E-state index in [9.17, 15) is 4.39 Å². The van der Waals surface area contributed by atoms with Crippen LogP contribution in [0.25, 0.3) is 11.1 Å². The van der Waals surface area contributed by atoms with Gasteiger partial charge in [0.1, 0.15) is 5.82 Å². The Bertz CT molecular complexity index is 1160. The molecular weight excluding hydrogens is 483 g/mol. The zero-order valence-corrected chi connectivity index (χ0v) is 25.1. The highest BCUT2D eigenvalue weighted by Gasteiger charge is 2.38. The third-order valence-corrected chi connectivity index (χ3v) is 12.6. The molecule has 0 saturated carbocycles. The Kier molecular flexibility index (Phi) is 9.18. The van der Waals surface area contributed by atoms with Gasteiger partial charge in [-0.15, -0.1) is 11.8 Å². The van der Waals surface area contributed by atoms with Gasteiger partial charge in [0.25, 0.3) is 0 Å². The van der Waals surface area contributed by atoms with E-state index in [2.05, 4.69) is 66.5 Å². The van der Waals surface area contributed by atoms with Crippen LogP contribution in [0.3, 0.4) is 0 Å². The molecule has 0 amide bonds. The fraction of sp³-hybridized carbons (Fsp3) is 0.467. The fourth-order valence-electron chi connectivity index (χ4n) is 3.97. The number of hydrogen-bond donors (Lipinski definition) is 0. The lowest BCUT2D eigenvalue weighted by Gasteiger charge is -2.37. The van der Waals surface area contributed by atoms with Crippen LogP contribution >= 0.6 is 11.8 Å². The summed E-state index contributed by atoms with van der Waals surface area (Å²) in [5.74, 6) is 1.03. The SMILES string of the molecule is CC(C)c1nc(C(C)C)c(CSc2ccncc2)c(-c2ccc(F)cc2)c1CO[Si](C)(C)C(C)(C)C. The molecule has 3 nitrogen and oxygen atoms in total. The number of pyridine rings is 2. The highest BCUT2D eigenvalue weighted by molar-refractivity contribution is 7.98. The Balaban J connectivity index is 2.25. The first-order valence-electron chi connectivity index (χ1n) is 12.8. The average molecular weight is 525 g/mol. The first-order chi connectivity index (χ1) is 16.8. The molecule has 0 unspecified atom stereocenters. The van der Waals surface area contributed by atoms with Gasteiger partial charge in [-0.3, -0.25) is 9.97 Å². The lowest BCUT2D eigenvalue weighted by Crippen LogP contribution is -2.40. The van der Waals surface area contributed by atoms with Gasteiger partial charge in [-0.2, -0.15) is 0 Å². The van der Waals surface area contributed by atoms with Crippen LogP contribution in [0.4, 0.5) is 4.39 Å². The van der Waals surface area contributed by atoms with Crippen LogP contribution in [0.2, 0.25) is 18.1 Å². The fourth-order valence-corrected chi connectivity index (χ4v) is 5.83. The zero-order valence-electron chi connectivity index (χ0n) is 23.3. The van der Waals surface area contributed by atoms with Crippen LogP contribution in [0.1, 0.15) is 82.8 Å². The first kappa shape index (κ1) is 28.5. The standard InChI is InChI=1S/C30H41FN2OSSi/c1-20(2)28-25(18-34-36(8,9)30(5,6)7)27(22-10-12-23(31)13-11-22)26(29(33-28)21(3)4)19-35-24-14-16-32-17-15-24/h10-17,20-21H,18-19H2,1-9H3. The van der Waals surface area contributed by atoms with E-state index in [4.69, 9.17) is 9.41 Å². The molecule has 1 aromatic carbocycles. The molecule has 0 radical (unpaired) electrons. The Labute approximate surface area is 222 Å². The van der Waals surface area contributed by atoms with E-state index in [1.807, 2.05) is 36.7 Å². The maximum absolute atomic E-state index is 14.0. The van der Waals surface area contributed by atoms with E-state index in [1.165, 1.54) is 5.56 Å². The molecule has 0 atom stereocenters. The smallest absolute Gasteiger partial charge is 0.192 e. The monoisotopic (exact) mass is 524 g/mol. The van der Waals surface area contributed by atoms with Crippen molar-refractivity contribution in [2.45, 2.75) is 95.7 Å². The van der Waals surface area contributed by atoms with Gasteiger partial charge in [0, 0.05) is 40.0 Å². The van der Waals surface area contributed by atoms with Gasteiger partial charge >= 0.3 is 0 Å². The lowest BCUT2D eigenvalue weighted by molar-refractivity contribution is 0.274. The van der Waals surface area contributed by atoms with E-state index in [1.54, 1.807) is 23.9 Å². The van der Waals surface area contributed by atoms with Crippen LogP contribution in [-0.2, 0) is 16.8 Å². The summed E-state index contributed by atoms with van der Waals surface area (Å²) >= 11 is 1.78. The molecule has 0 fully saturated rings. The van der Waals surface area contributed by atoms with Gasteiger partial charge in [-0.05, 0) is 70.9 Å². The summed E-state index contributed by atoms with van der Waals surface area (Å²) < 4.78 is 20.8. The van der Waals surface area contributed by atoms with Crippen molar-refractivity contribution in [3.8, 4) is 11.1 Å². The Morgan fingerprint density at radius 1 is 0.889 bits per heavy atom. The maximum Gasteiger partial charge on any atom is 0.192 e. The van der Waals surface area contributed by atoms with E-state index in [0.717, 1.165) is 38.7 Å². The van der Waals surface area contributed by atoms with E-state index < -0.39 is 8.32 Å². The topological polar surface area (TPSA) is 35.0 Å². The molecule has 0 aliphatic heterocycles. The predicted molar refractivity (Wildman–Crippen MR) is 154 cm³/mol. The Hall–Kier alpha value is -2.02. The van der Waals surface area contributed by atoms with Crippen molar-refractivity contribution < 1.29 is 8.82 Å². The van der Waals surface area contributed by atoms with Gasteiger partial charge in [0.15, 0.2) is 8.32 Å². The van der Waals surface area contributed by atoms with Crippen LogP contribution < -0.4 is 0 Å². The zero-order chi connectivity index (χ0) is 26.7. The lowest BCUT2D eigenvalue weighted by atomic mass is 9.88. The summed E-state index contributed by atoms with van der Waals surface area (Å²) in [6.07, 6.45) is 3.65. The third-order valence-electron chi connectivity index (χ3n) is 7.11. The molecular formula is C30H41FN2OSSi. The molecule has 2 aromatic heterocycles. The van der Waals surface area contributed by atoms with Gasteiger partial charge in [0.2, 0.25) is 0 Å². The summed E-state index contributed by atoms with van der Waals surface area (Å²) in [6.45, 7) is 20.7. The number of rotatable bonds is 9. The summed E-state index contributed by atoms with van der Waals surface area (Å²) in [5, 5.41) is 0.104. The molecule has 0 spiro atoms. The van der Waals surface area contributed by atoms with E-state index in [0.29, 0.717) is 6.61 Å². The normalized spacial score (nSPS) is 12.6. The van der Waals surface area contributed by atoms with Crippen molar-refractivity contribution in [3.05, 3.63) is 77.1 Å². The number of aromatic nitrogens is 2.